The summed E-state index contributed by atoms with van der Waals surface area (Å²) in [6.07, 6.45) is 0.121. The highest BCUT2D eigenvalue weighted by atomic mass is 32.2. The third-order valence-electron chi connectivity index (χ3n) is 3.86. The zero-order chi connectivity index (χ0) is 18.8. The van der Waals surface area contributed by atoms with Gasteiger partial charge in [-0.2, -0.15) is 8.78 Å². The Kier molecular flexibility index (Phi) is 5.76. The van der Waals surface area contributed by atoms with Crippen LogP contribution in [0.2, 0.25) is 0 Å². The van der Waals surface area contributed by atoms with Crippen LogP contribution in [0.3, 0.4) is 0 Å². The number of likely N-dealkylation sites (tertiary alicyclic amines) is 1. The molecule has 1 saturated heterocycles. The van der Waals surface area contributed by atoms with Gasteiger partial charge in [0.25, 0.3) is 0 Å². The summed E-state index contributed by atoms with van der Waals surface area (Å²) in [5.74, 6) is -4.12. The van der Waals surface area contributed by atoms with Gasteiger partial charge in [-0.1, -0.05) is 13.8 Å². The van der Waals surface area contributed by atoms with Gasteiger partial charge in [0, 0.05) is 25.2 Å². The first-order valence-electron chi connectivity index (χ1n) is 7.82. The van der Waals surface area contributed by atoms with E-state index in [-0.39, 0.29) is 23.9 Å². The molecule has 25 heavy (non-hydrogen) atoms. The van der Waals surface area contributed by atoms with Gasteiger partial charge in [-0.15, -0.1) is 0 Å². The van der Waals surface area contributed by atoms with Gasteiger partial charge in [0.1, 0.15) is 0 Å². The zero-order valence-electron chi connectivity index (χ0n) is 13.9. The first kappa shape index (κ1) is 19.3. The fourth-order valence-electron chi connectivity index (χ4n) is 2.64. The molecule has 1 aromatic carbocycles. The topological polar surface area (TPSA) is 83.6 Å². The predicted octanol–water partition coefficient (Wildman–Crippen LogP) is 2.13. The Morgan fingerprint density at radius 3 is 2.40 bits per heavy atom. The van der Waals surface area contributed by atoms with Gasteiger partial charge in [-0.05, 0) is 30.2 Å². The van der Waals surface area contributed by atoms with Crippen LogP contribution in [0.15, 0.2) is 29.2 Å². The standard InChI is InChI=1S/C16H20F2N2O4S/c1-10(2)8-20-9-11(7-14(20)21)15(22)19-12-3-5-13(6-4-12)25(23,24)16(17)18/h3-6,10-11,16H,7-9H2,1-2H3,(H,19,22). The van der Waals surface area contributed by atoms with Crippen molar-refractivity contribution in [3.63, 3.8) is 0 Å². The van der Waals surface area contributed by atoms with E-state index < -0.39 is 26.4 Å². The lowest BCUT2D eigenvalue weighted by Gasteiger charge is -2.18. The Morgan fingerprint density at radius 2 is 1.88 bits per heavy atom. The number of nitrogens with zero attached hydrogens (tertiary/aromatic N) is 1. The molecule has 2 rings (SSSR count). The molecule has 1 aliphatic rings. The van der Waals surface area contributed by atoms with Gasteiger partial charge < -0.3 is 10.2 Å². The molecule has 1 aliphatic heterocycles. The van der Waals surface area contributed by atoms with Crippen LogP contribution in [-0.4, -0.2) is 44.0 Å². The minimum absolute atomic E-state index is 0.0766. The fourth-order valence-corrected chi connectivity index (χ4v) is 3.36. The molecule has 6 nitrogen and oxygen atoms in total. The van der Waals surface area contributed by atoms with Crippen molar-refractivity contribution in [3.05, 3.63) is 24.3 Å². The second kappa shape index (κ2) is 7.47. The molecule has 1 unspecified atom stereocenters. The first-order chi connectivity index (χ1) is 11.6. The average Bonchev–Trinajstić information content (AvgIpc) is 2.88. The van der Waals surface area contributed by atoms with Crippen LogP contribution in [-0.2, 0) is 19.4 Å². The van der Waals surface area contributed by atoms with Crippen LogP contribution in [0.25, 0.3) is 0 Å². The van der Waals surface area contributed by atoms with E-state index in [9.17, 15) is 26.8 Å². The van der Waals surface area contributed by atoms with Crippen LogP contribution in [0.5, 0.6) is 0 Å². The van der Waals surface area contributed by atoms with Gasteiger partial charge in [0.2, 0.25) is 21.7 Å². The van der Waals surface area contributed by atoms with Crippen LogP contribution in [0, 0.1) is 11.8 Å². The molecule has 2 amide bonds. The molecule has 0 spiro atoms. The van der Waals surface area contributed by atoms with Crippen molar-refractivity contribution in [2.75, 3.05) is 18.4 Å². The van der Waals surface area contributed by atoms with Crippen LogP contribution >= 0.6 is 0 Å². The Hall–Kier alpha value is -2.03. The number of hydrogen-bond acceptors (Lipinski definition) is 4. The number of nitrogens with one attached hydrogen (secondary N) is 1. The zero-order valence-corrected chi connectivity index (χ0v) is 14.7. The summed E-state index contributed by atoms with van der Waals surface area (Å²) >= 11 is 0. The van der Waals surface area contributed by atoms with Crippen molar-refractivity contribution >= 4 is 27.3 Å². The Morgan fingerprint density at radius 1 is 1.28 bits per heavy atom. The molecule has 1 aromatic rings. The number of benzene rings is 1. The van der Waals surface area contributed by atoms with Gasteiger partial charge in [0.15, 0.2) is 0 Å². The Labute approximate surface area is 145 Å². The van der Waals surface area contributed by atoms with Crippen LogP contribution in [0.1, 0.15) is 20.3 Å². The molecule has 0 radical (unpaired) electrons. The maximum atomic E-state index is 12.5. The van der Waals surface area contributed by atoms with Crippen molar-refractivity contribution in [1.82, 2.24) is 4.90 Å². The molecule has 138 valence electrons. The molecule has 1 N–H and O–H groups in total. The lowest BCUT2D eigenvalue weighted by Crippen LogP contribution is -2.31. The van der Waals surface area contributed by atoms with Crippen molar-refractivity contribution in [1.29, 1.82) is 0 Å². The number of alkyl halides is 2. The van der Waals surface area contributed by atoms with Gasteiger partial charge in [-0.25, -0.2) is 8.42 Å². The maximum absolute atomic E-state index is 12.5. The van der Waals surface area contributed by atoms with E-state index >= 15 is 0 Å². The lowest BCUT2D eigenvalue weighted by molar-refractivity contribution is -0.128. The SMILES string of the molecule is CC(C)CN1CC(C(=O)Nc2ccc(S(=O)(=O)C(F)F)cc2)CC1=O. The van der Waals surface area contributed by atoms with Gasteiger partial charge in [0.05, 0.1) is 10.8 Å². The normalized spacial score (nSPS) is 18.2. The van der Waals surface area contributed by atoms with Gasteiger partial charge >= 0.3 is 5.76 Å². The summed E-state index contributed by atoms with van der Waals surface area (Å²) in [5.41, 5.74) is 0.285. The van der Waals surface area contributed by atoms with Crippen LogP contribution in [0.4, 0.5) is 14.5 Å². The minimum Gasteiger partial charge on any atom is -0.342 e. The molecule has 1 atom stereocenters. The third-order valence-corrected chi connectivity index (χ3v) is 5.25. The molecule has 9 heteroatoms. The lowest BCUT2D eigenvalue weighted by atomic mass is 10.1. The summed E-state index contributed by atoms with van der Waals surface area (Å²) in [6, 6.07) is 4.52. The average molecular weight is 374 g/mol. The molecule has 0 aromatic heterocycles. The Balaban J connectivity index is 2.01. The smallest absolute Gasteiger partial charge is 0.341 e. The summed E-state index contributed by atoms with van der Waals surface area (Å²) < 4.78 is 47.7. The van der Waals surface area contributed by atoms with E-state index in [0.29, 0.717) is 19.0 Å². The van der Waals surface area contributed by atoms with E-state index in [4.69, 9.17) is 0 Å². The molecular weight excluding hydrogens is 354 g/mol. The number of anilines is 1. The predicted molar refractivity (Wildman–Crippen MR) is 87.8 cm³/mol. The highest BCUT2D eigenvalue weighted by molar-refractivity contribution is 7.91. The fraction of sp³-hybridized carbons (Fsp3) is 0.500. The molecule has 1 heterocycles. The second-order valence-corrected chi connectivity index (χ2v) is 8.33. The second-order valence-electron chi connectivity index (χ2n) is 6.41. The monoisotopic (exact) mass is 374 g/mol. The number of carbonyl (C=O) groups excluding carboxylic acids is 2. The molecule has 1 fully saturated rings. The summed E-state index contributed by atoms with van der Waals surface area (Å²) in [5, 5.41) is 2.59. The van der Waals surface area contributed by atoms with Crippen molar-refractivity contribution < 1.29 is 26.8 Å². The van der Waals surface area contributed by atoms with E-state index in [0.717, 1.165) is 12.1 Å². The summed E-state index contributed by atoms with van der Waals surface area (Å²) in [6.45, 7) is 4.88. The van der Waals surface area contributed by atoms with E-state index in [1.807, 2.05) is 13.8 Å². The third kappa shape index (κ3) is 4.53. The number of rotatable bonds is 6. The molecular formula is C16H20F2N2O4S. The Bertz CT molecular complexity index is 748. The van der Waals surface area contributed by atoms with Crippen molar-refractivity contribution in [3.8, 4) is 0 Å². The number of carbonyl (C=O) groups is 2. The molecule has 0 aliphatic carbocycles. The number of hydrogen-bond donors (Lipinski definition) is 1. The van der Waals surface area contributed by atoms with Crippen LogP contribution < -0.4 is 5.32 Å². The number of sulfone groups is 1. The number of halogens is 2. The highest BCUT2D eigenvalue weighted by Gasteiger charge is 2.34. The summed E-state index contributed by atoms with van der Waals surface area (Å²) in [7, 11) is -4.66. The van der Waals surface area contributed by atoms with E-state index in [1.54, 1.807) is 4.90 Å². The first-order valence-corrected chi connectivity index (χ1v) is 9.36. The molecule has 0 bridgehead atoms. The quantitative estimate of drug-likeness (QED) is 0.827. The maximum Gasteiger partial charge on any atom is 0.341 e. The van der Waals surface area contributed by atoms with Crippen molar-refractivity contribution in [2.24, 2.45) is 11.8 Å². The van der Waals surface area contributed by atoms with Crippen molar-refractivity contribution in [2.45, 2.75) is 30.9 Å². The van der Waals surface area contributed by atoms with E-state index in [1.165, 1.54) is 12.1 Å². The molecule has 0 saturated carbocycles. The number of amides is 2. The largest absolute Gasteiger partial charge is 0.342 e. The minimum atomic E-state index is -4.66. The van der Waals surface area contributed by atoms with Gasteiger partial charge in [-0.3, -0.25) is 9.59 Å². The van der Waals surface area contributed by atoms with E-state index in [2.05, 4.69) is 5.32 Å². The summed E-state index contributed by atoms with van der Waals surface area (Å²) in [4.78, 5) is 25.3. The highest BCUT2D eigenvalue weighted by Crippen LogP contribution is 2.23.